The van der Waals surface area contributed by atoms with Crippen molar-refractivity contribution < 1.29 is 19.1 Å². The second-order valence-corrected chi connectivity index (χ2v) is 5.62. The number of amides is 2. The zero-order chi connectivity index (χ0) is 17.4. The van der Waals surface area contributed by atoms with Crippen LogP contribution in [0.5, 0.6) is 11.5 Å². The van der Waals surface area contributed by atoms with E-state index in [-0.39, 0.29) is 6.04 Å². The van der Waals surface area contributed by atoms with Crippen molar-refractivity contribution in [3.05, 3.63) is 23.8 Å². The van der Waals surface area contributed by atoms with Crippen LogP contribution in [0.1, 0.15) is 37.7 Å². The topological polar surface area (TPSA) is 89.0 Å². The lowest BCUT2D eigenvalue weighted by Gasteiger charge is -2.22. The molecule has 1 fully saturated rings. The van der Waals surface area contributed by atoms with Gasteiger partial charge in [0.1, 0.15) is 11.5 Å². The van der Waals surface area contributed by atoms with Crippen molar-refractivity contribution in [2.45, 2.75) is 38.1 Å². The summed E-state index contributed by atoms with van der Waals surface area (Å²) in [6.07, 6.45) is 6.60. The summed E-state index contributed by atoms with van der Waals surface area (Å²) in [7, 11) is 3.09. The van der Waals surface area contributed by atoms with Crippen LogP contribution < -0.4 is 20.2 Å². The minimum absolute atomic E-state index is 0.0828. The molecule has 0 bridgehead atoms. The fraction of sp³-hybridized carbons (Fsp3) is 0.471. The molecule has 7 nitrogen and oxygen atoms in total. The fourth-order valence-corrected chi connectivity index (χ4v) is 2.65. The summed E-state index contributed by atoms with van der Waals surface area (Å²) in [5.41, 5.74) is 2.86. The first-order valence-corrected chi connectivity index (χ1v) is 8.00. The molecule has 0 atom stereocenters. The van der Waals surface area contributed by atoms with Gasteiger partial charge in [-0.1, -0.05) is 19.3 Å². The van der Waals surface area contributed by atoms with Gasteiger partial charge in [-0.3, -0.25) is 9.59 Å². The number of carbonyl (C=O) groups is 2. The zero-order valence-electron chi connectivity index (χ0n) is 14.0. The number of methoxy groups -OCH3 is 2. The van der Waals surface area contributed by atoms with E-state index in [1.807, 2.05) is 0 Å². The van der Waals surface area contributed by atoms with E-state index >= 15 is 0 Å². The van der Waals surface area contributed by atoms with E-state index in [1.165, 1.54) is 19.7 Å². The van der Waals surface area contributed by atoms with Gasteiger partial charge in [0, 0.05) is 11.6 Å². The van der Waals surface area contributed by atoms with E-state index in [2.05, 4.69) is 15.8 Å². The Hall–Kier alpha value is -2.57. The molecule has 0 heterocycles. The lowest BCUT2D eigenvalue weighted by Crippen LogP contribution is -2.44. The van der Waals surface area contributed by atoms with Crippen LogP contribution in [0.25, 0.3) is 0 Å². The van der Waals surface area contributed by atoms with Crippen LogP contribution in [0.3, 0.4) is 0 Å². The van der Waals surface area contributed by atoms with Gasteiger partial charge in [-0.15, -0.1) is 0 Å². The zero-order valence-corrected chi connectivity index (χ0v) is 14.0. The molecule has 130 valence electrons. The summed E-state index contributed by atoms with van der Waals surface area (Å²) >= 11 is 0. The van der Waals surface area contributed by atoms with E-state index in [0.717, 1.165) is 25.7 Å². The summed E-state index contributed by atoms with van der Waals surface area (Å²) in [5.74, 6) is -0.214. The van der Waals surface area contributed by atoms with Gasteiger partial charge < -0.3 is 14.8 Å². The van der Waals surface area contributed by atoms with Crippen LogP contribution in [-0.4, -0.2) is 38.3 Å². The standard InChI is InChI=1S/C17H23N3O4/c1-23-14-8-9-15(24-2)12(10-14)11-18-20-17(22)16(21)19-13-6-4-3-5-7-13/h8-11,13H,3-7H2,1-2H3,(H,19,21)(H,20,22)/b18-11+. The fourth-order valence-electron chi connectivity index (χ4n) is 2.65. The van der Waals surface area contributed by atoms with Gasteiger partial charge in [0.05, 0.1) is 20.4 Å². The molecule has 0 aromatic heterocycles. The number of rotatable bonds is 5. The summed E-state index contributed by atoms with van der Waals surface area (Å²) in [6, 6.07) is 5.29. The van der Waals surface area contributed by atoms with E-state index in [1.54, 1.807) is 25.3 Å². The lowest BCUT2D eigenvalue weighted by atomic mass is 9.95. The number of hydrogen-bond donors (Lipinski definition) is 2. The van der Waals surface area contributed by atoms with Crippen molar-refractivity contribution in [2.24, 2.45) is 5.10 Å². The third-order valence-electron chi connectivity index (χ3n) is 3.95. The molecule has 1 saturated carbocycles. The molecule has 2 rings (SSSR count). The molecule has 1 aromatic carbocycles. The Bertz CT molecular complexity index is 610. The monoisotopic (exact) mass is 333 g/mol. The number of hydrogen-bond acceptors (Lipinski definition) is 5. The van der Waals surface area contributed by atoms with Crippen LogP contribution in [-0.2, 0) is 9.59 Å². The molecule has 2 amide bonds. The van der Waals surface area contributed by atoms with Gasteiger partial charge in [-0.05, 0) is 31.0 Å². The number of nitrogens with zero attached hydrogens (tertiary/aromatic N) is 1. The molecular weight excluding hydrogens is 310 g/mol. The molecule has 1 aliphatic rings. The molecule has 0 saturated heterocycles. The molecule has 2 N–H and O–H groups in total. The lowest BCUT2D eigenvalue weighted by molar-refractivity contribution is -0.139. The maximum Gasteiger partial charge on any atom is 0.329 e. The van der Waals surface area contributed by atoms with Crippen LogP contribution in [0.15, 0.2) is 23.3 Å². The van der Waals surface area contributed by atoms with Crippen molar-refractivity contribution >= 4 is 18.0 Å². The highest BCUT2D eigenvalue weighted by Crippen LogP contribution is 2.22. The summed E-state index contributed by atoms with van der Waals surface area (Å²) < 4.78 is 10.3. The molecular formula is C17H23N3O4. The van der Waals surface area contributed by atoms with Gasteiger partial charge in [-0.25, -0.2) is 5.43 Å². The maximum absolute atomic E-state index is 11.8. The minimum Gasteiger partial charge on any atom is -0.497 e. The number of carbonyl (C=O) groups excluding carboxylic acids is 2. The Kier molecular flexibility index (Phi) is 6.60. The van der Waals surface area contributed by atoms with Gasteiger partial charge in [0.2, 0.25) is 0 Å². The smallest absolute Gasteiger partial charge is 0.329 e. The Morgan fingerprint density at radius 1 is 1.12 bits per heavy atom. The molecule has 24 heavy (non-hydrogen) atoms. The Morgan fingerprint density at radius 3 is 2.54 bits per heavy atom. The van der Waals surface area contributed by atoms with E-state index in [9.17, 15) is 9.59 Å². The highest BCUT2D eigenvalue weighted by Gasteiger charge is 2.19. The first kappa shape index (κ1) is 17.8. The third-order valence-corrected chi connectivity index (χ3v) is 3.95. The molecule has 0 radical (unpaired) electrons. The predicted octanol–water partition coefficient (Wildman–Crippen LogP) is 1.60. The minimum atomic E-state index is -0.779. The van der Waals surface area contributed by atoms with E-state index < -0.39 is 11.8 Å². The average Bonchev–Trinajstić information content (AvgIpc) is 2.62. The normalized spacial score (nSPS) is 15.1. The maximum atomic E-state index is 11.8. The van der Waals surface area contributed by atoms with Crippen LogP contribution >= 0.6 is 0 Å². The first-order valence-electron chi connectivity index (χ1n) is 8.00. The van der Waals surface area contributed by atoms with Crippen LogP contribution in [0.2, 0.25) is 0 Å². The summed E-state index contributed by atoms with van der Waals surface area (Å²) in [4.78, 5) is 23.6. The van der Waals surface area contributed by atoms with E-state index in [0.29, 0.717) is 17.1 Å². The number of hydrazone groups is 1. The highest BCUT2D eigenvalue weighted by molar-refractivity contribution is 6.35. The number of benzene rings is 1. The summed E-state index contributed by atoms with van der Waals surface area (Å²) in [5, 5.41) is 6.56. The SMILES string of the molecule is COc1ccc(OC)c(/C=N/NC(=O)C(=O)NC2CCCCC2)c1. The quantitative estimate of drug-likeness (QED) is 0.487. The second kappa shape index (κ2) is 8.90. The number of nitrogens with one attached hydrogen (secondary N) is 2. The molecule has 1 aromatic rings. The van der Waals surface area contributed by atoms with Gasteiger partial charge in [0.15, 0.2) is 0 Å². The Balaban J connectivity index is 1.90. The largest absolute Gasteiger partial charge is 0.497 e. The highest BCUT2D eigenvalue weighted by atomic mass is 16.5. The van der Waals surface area contributed by atoms with Crippen molar-refractivity contribution in [3.63, 3.8) is 0 Å². The molecule has 0 aliphatic heterocycles. The molecule has 0 unspecified atom stereocenters. The van der Waals surface area contributed by atoms with Crippen molar-refractivity contribution in [1.29, 1.82) is 0 Å². The Labute approximate surface area is 141 Å². The summed E-state index contributed by atoms with van der Waals surface area (Å²) in [6.45, 7) is 0. The second-order valence-electron chi connectivity index (χ2n) is 5.62. The van der Waals surface area contributed by atoms with Gasteiger partial charge in [0.25, 0.3) is 0 Å². The van der Waals surface area contributed by atoms with Crippen molar-refractivity contribution in [2.75, 3.05) is 14.2 Å². The van der Waals surface area contributed by atoms with Crippen molar-refractivity contribution in [1.82, 2.24) is 10.7 Å². The first-order chi connectivity index (χ1) is 11.6. The van der Waals surface area contributed by atoms with Crippen LogP contribution in [0.4, 0.5) is 0 Å². The average molecular weight is 333 g/mol. The molecule has 0 spiro atoms. The number of ether oxygens (including phenoxy) is 2. The van der Waals surface area contributed by atoms with Gasteiger partial charge in [-0.2, -0.15) is 5.10 Å². The third kappa shape index (κ3) is 4.97. The predicted molar refractivity (Wildman–Crippen MR) is 90.3 cm³/mol. The van der Waals surface area contributed by atoms with Crippen molar-refractivity contribution in [3.8, 4) is 11.5 Å². The van der Waals surface area contributed by atoms with E-state index in [4.69, 9.17) is 9.47 Å². The Morgan fingerprint density at radius 2 is 1.88 bits per heavy atom. The van der Waals surface area contributed by atoms with Crippen LogP contribution in [0, 0.1) is 0 Å². The van der Waals surface area contributed by atoms with Gasteiger partial charge >= 0.3 is 11.8 Å². The molecule has 1 aliphatic carbocycles. The molecule has 7 heteroatoms.